The Morgan fingerprint density at radius 2 is 0.685 bits per heavy atom. The van der Waals surface area contributed by atoms with E-state index in [1.165, 1.54) is 94.6 Å². The van der Waals surface area contributed by atoms with Crippen LogP contribution in [0.2, 0.25) is 0 Å². The Labute approximate surface area is 428 Å². The van der Waals surface area contributed by atoms with Gasteiger partial charge >= 0.3 is 0 Å². The second-order valence-electron chi connectivity index (χ2n) is 19.7. The molecule has 0 aromatic heterocycles. The standard InChI is InChI=1S/C71H50N2/c1-48-25-33-56(34-26-48)72(57-35-27-52(28-36-57)49-15-5-2-6-16-49)60-42-44-68-65(46-60)63-23-13-14-24-67(63)71(68)69-47-61(41-43-64(69)66-45-55-21-11-12-22-62(55)70(66)71)73(58-37-29-53(30-38-58)50-17-7-3-8-18-50)59-39-31-54(32-40-59)51-19-9-4-10-20-51/h2-44,46-47H,45H2,1H3. The molecule has 344 valence electrons. The molecule has 3 aliphatic carbocycles. The van der Waals surface area contributed by atoms with Crippen LogP contribution in [0.5, 0.6) is 0 Å². The van der Waals surface area contributed by atoms with Crippen molar-refractivity contribution in [2.45, 2.75) is 18.8 Å². The molecular weight excluding hydrogens is 881 g/mol. The molecule has 0 bridgehead atoms. The second kappa shape index (κ2) is 17.3. The molecule has 0 aliphatic heterocycles. The molecule has 73 heavy (non-hydrogen) atoms. The van der Waals surface area contributed by atoms with E-state index in [1.807, 2.05) is 0 Å². The van der Waals surface area contributed by atoms with Crippen LogP contribution in [0, 0.1) is 6.92 Å². The van der Waals surface area contributed by atoms with Crippen molar-refractivity contribution in [3.63, 3.8) is 0 Å². The van der Waals surface area contributed by atoms with Crippen LogP contribution in [-0.2, 0) is 11.8 Å². The molecule has 1 atom stereocenters. The lowest BCUT2D eigenvalue weighted by molar-refractivity contribution is 0.841. The maximum Gasteiger partial charge on any atom is 0.0729 e. The molecule has 1 unspecified atom stereocenters. The van der Waals surface area contributed by atoms with Gasteiger partial charge in [-0.3, -0.25) is 0 Å². The summed E-state index contributed by atoms with van der Waals surface area (Å²) in [6.45, 7) is 2.16. The SMILES string of the molecule is Cc1ccc(N(c2ccc(-c3ccccc3)cc2)c2ccc3c(c2)-c2ccccc2C32C3=C(Cc4ccccc43)c3ccc(N(c4ccc(-c5ccccc5)cc4)c4ccc(-c5ccccc5)cc4)cc32)cc1. The Bertz CT molecular complexity index is 3810. The number of aryl methyl sites for hydroxylation is 1. The van der Waals surface area contributed by atoms with Crippen LogP contribution in [0.25, 0.3) is 55.7 Å². The molecule has 0 saturated heterocycles. The van der Waals surface area contributed by atoms with Crippen LogP contribution in [0.15, 0.2) is 273 Å². The lowest BCUT2D eigenvalue weighted by Crippen LogP contribution is -2.27. The van der Waals surface area contributed by atoms with Crippen molar-refractivity contribution in [2.75, 3.05) is 9.80 Å². The molecule has 14 rings (SSSR count). The first-order valence-electron chi connectivity index (χ1n) is 25.4. The Kier molecular flexibility index (Phi) is 10.1. The fourth-order valence-electron chi connectivity index (χ4n) is 12.3. The summed E-state index contributed by atoms with van der Waals surface area (Å²) >= 11 is 0. The predicted molar refractivity (Wildman–Crippen MR) is 306 cm³/mol. The number of allylic oxidation sites excluding steroid dienone is 2. The van der Waals surface area contributed by atoms with E-state index in [4.69, 9.17) is 0 Å². The molecule has 0 radical (unpaired) electrons. The maximum absolute atomic E-state index is 2.53. The van der Waals surface area contributed by atoms with E-state index in [-0.39, 0.29) is 0 Å². The van der Waals surface area contributed by atoms with Crippen molar-refractivity contribution < 1.29 is 0 Å². The average Bonchev–Trinajstić information content (AvgIpc) is 4.23. The van der Waals surface area contributed by atoms with E-state index in [9.17, 15) is 0 Å². The largest absolute Gasteiger partial charge is 0.310 e. The number of benzene rings is 11. The lowest BCUT2D eigenvalue weighted by atomic mass is 9.68. The molecule has 0 N–H and O–H groups in total. The Balaban J connectivity index is 0.958. The van der Waals surface area contributed by atoms with Crippen molar-refractivity contribution in [3.8, 4) is 44.5 Å². The highest BCUT2D eigenvalue weighted by molar-refractivity contribution is 6.13. The fourth-order valence-corrected chi connectivity index (χ4v) is 12.3. The summed E-state index contributed by atoms with van der Waals surface area (Å²) in [5.41, 5.74) is 28.1. The highest BCUT2D eigenvalue weighted by atomic mass is 15.1. The van der Waals surface area contributed by atoms with E-state index in [0.717, 1.165) is 40.5 Å². The zero-order valence-corrected chi connectivity index (χ0v) is 40.6. The zero-order chi connectivity index (χ0) is 48.5. The number of hydrogen-bond acceptors (Lipinski definition) is 2. The molecule has 0 saturated carbocycles. The third-order valence-electron chi connectivity index (χ3n) is 15.6. The van der Waals surface area contributed by atoms with E-state index in [0.29, 0.717) is 0 Å². The van der Waals surface area contributed by atoms with Gasteiger partial charge in [-0.05, 0) is 175 Å². The molecule has 0 amide bonds. The number of anilines is 6. The van der Waals surface area contributed by atoms with Crippen LogP contribution >= 0.6 is 0 Å². The summed E-state index contributed by atoms with van der Waals surface area (Å²) in [4.78, 5) is 4.87. The minimum atomic E-state index is -0.552. The number of rotatable bonds is 9. The topological polar surface area (TPSA) is 6.48 Å². The van der Waals surface area contributed by atoms with E-state index in [1.54, 1.807) is 0 Å². The summed E-state index contributed by atoms with van der Waals surface area (Å²) in [5, 5.41) is 0. The summed E-state index contributed by atoms with van der Waals surface area (Å²) in [6, 6.07) is 101. The Hall–Kier alpha value is -9.24. The predicted octanol–water partition coefficient (Wildman–Crippen LogP) is 18.7. The van der Waals surface area contributed by atoms with E-state index >= 15 is 0 Å². The maximum atomic E-state index is 2.53. The van der Waals surface area contributed by atoms with Crippen LogP contribution < -0.4 is 9.80 Å². The van der Waals surface area contributed by atoms with Gasteiger partial charge in [-0.25, -0.2) is 0 Å². The van der Waals surface area contributed by atoms with Crippen LogP contribution in [0.4, 0.5) is 34.1 Å². The molecule has 0 fully saturated rings. The van der Waals surface area contributed by atoms with Gasteiger partial charge in [0.1, 0.15) is 0 Å². The first-order valence-corrected chi connectivity index (χ1v) is 25.4. The van der Waals surface area contributed by atoms with Gasteiger partial charge in [0.05, 0.1) is 5.41 Å². The molecule has 2 nitrogen and oxygen atoms in total. The zero-order valence-electron chi connectivity index (χ0n) is 40.6. The van der Waals surface area contributed by atoms with Gasteiger partial charge in [0.15, 0.2) is 0 Å². The average molecular weight is 931 g/mol. The molecule has 2 heteroatoms. The number of nitrogens with zero attached hydrogens (tertiary/aromatic N) is 2. The van der Waals surface area contributed by atoms with Crippen LogP contribution in [-0.4, -0.2) is 0 Å². The minimum absolute atomic E-state index is 0.552. The van der Waals surface area contributed by atoms with Gasteiger partial charge in [0, 0.05) is 34.1 Å². The van der Waals surface area contributed by atoms with Gasteiger partial charge in [0.2, 0.25) is 0 Å². The number of fused-ring (bicyclic) bond motifs is 11. The van der Waals surface area contributed by atoms with Crippen LogP contribution in [0.3, 0.4) is 0 Å². The first-order chi connectivity index (χ1) is 36.1. The van der Waals surface area contributed by atoms with Crippen molar-refractivity contribution >= 4 is 45.3 Å². The Morgan fingerprint density at radius 3 is 1.22 bits per heavy atom. The normalized spacial score (nSPS) is 14.6. The Morgan fingerprint density at radius 1 is 0.288 bits per heavy atom. The smallest absolute Gasteiger partial charge is 0.0729 e. The summed E-state index contributed by atoms with van der Waals surface area (Å²) < 4.78 is 0. The van der Waals surface area contributed by atoms with Gasteiger partial charge in [-0.2, -0.15) is 0 Å². The van der Waals surface area contributed by atoms with E-state index in [2.05, 4.69) is 290 Å². The summed E-state index contributed by atoms with van der Waals surface area (Å²) in [6.07, 6.45) is 0.904. The van der Waals surface area contributed by atoms with Gasteiger partial charge < -0.3 is 9.80 Å². The van der Waals surface area contributed by atoms with Gasteiger partial charge in [-0.1, -0.05) is 206 Å². The molecule has 11 aromatic rings. The highest BCUT2D eigenvalue weighted by Crippen LogP contribution is 2.67. The molecule has 3 aliphatic rings. The molecule has 1 spiro atoms. The van der Waals surface area contributed by atoms with Crippen molar-refractivity contribution in [3.05, 3.63) is 312 Å². The lowest BCUT2D eigenvalue weighted by Gasteiger charge is -2.34. The third-order valence-corrected chi connectivity index (χ3v) is 15.6. The fraction of sp³-hybridized carbons (Fsp3) is 0.0423. The minimum Gasteiger partial charge on any atom is -0.310 e. The van der Waals surface area contributed by atoms with Crippen molar-refractivity contribution in [1.29, 1.82) is 0 Å². The quantitative estimate of drug-likeness (QED) is 0.142. The van der Waals surface area contributed by atoms with Crippen molar-refractivity contribution in [1.82, 2.24) is 0 Å². The highest BCUT2D eigenvalue weighted by Gasteiger charge is 2.55. The van der Waals surface area contributed by atoms with E-state index < -0.39 is 5.41 Å². The molecule has 0 heterocycles. The third kappa shape index (κ3) is 6.94. The second-order valence-corrected chi connectivity index (χ2v) is 19.7. The van der Waals surface area contributed by atoms with Crippen molar-refractivity contribution in [2.24, 2.45) is 0 Å². The first kappa shape index (κ1) is 42.6. The summed E-state index contributed by atoms with van der Waals surface area (Å²) in [7, 11) is 0. The van der Waals surface area contributed by atoms with Gasteiger partial charge in [0.25, 0.3) is 0 Å². The van der Waals surface area contributed by atoms with Gasteiger partial charge in [-0.15, -0.1) is 0 Å². The molecular formula is C71H50N2. The molecule has 11 aromatic carbocycles. The number of hydrogen-bond donors (Lipinski definition) is 0. The van der Waals surface area contributed by atoms with Crippen LogP contribution in [0.1, 0.15) is 38.9 Å². The summed E-state index contributed by atoms with van der Waals surface area (Å²) in [5.74, 6) is 0. The monoisotopic (exact) mass is 930 g/mol.